The first kappa shape index (κ1) is 18.9. The van der Waals surface area contributed by atoms with Crippen molar-refractivity contribution in [3.63, 3.8) is 0 Å². The SMILES string of the molecule is COc1ccc(C(F)=CC(=O)Nc2ccc(F)c(C(=O)O)c2)cc1OC. The van der Waals surface area contributed by atoms with Gasteiger partial charge in [0.1, 0.15) is 11.6 Å². The van der Waals surface area contributed by atoms with Crippen LogP contribution in [0.4, 0.5) is 14.5 Å². The van der Waals surface area contributed by atoms with Crippen LogP contribution in [-0.2, 0) is 4.79 Å². The fourth-order valence-electron chi connectivity index (χ4n) is 2.13. The van der Waals surface area contributed by atoms with Crippen LogP contribution in [0.3, 0.4) is 0 Å². The van der Waals surface area contributed by atoms with Crippen LogP contribution in [-0.4, -0.2) is 31.2 Å². The number of rotatable bonds is 6. The Labute approximate surface area is 147 Å². The van der Waals surface area contributed by atoms with Gasteiger partial charge < -0.3 is 19.9 Å². The minimum Gasteiger partial charge on any atom is -0.493 e. The Morgan fingerprint density at radius 1 is 1.08 bits per heavy atom. The number of aromatic carboxylic acids is 1. The molecule has 136 valence electrons. The van der Waals surface area contributed by atoms with Crippen LogP contribution in [0.5, 0.6) is 11.5 Å². The third-order valence-electron chi connectivity index (χ3n) is 3.38. The molecule has 2 N–H and O–H groups in total. The Kier molecular flexibility index (Phi) is 5.90. The fourth-order valence-corrected chi connectivity index (χ4v) is 2.13. The predicted molar refractivity (Wildman–Crippen MR) is 90.6 cm³/mol. The molecule has 0 fully saturated rings. The van der Waals surface area contributed by atoms with Gasteiger partial charge in [0.2, 0.25) is 0 Å². The molecule has 0 aliphatic rings. The van der Waals surface area contributed by atoms with Gasteiger partial charge in [0.25, 0.3) is 5.91 Å². The zero-order valence-corrected chi connectivity index (χ0v) is 13.9. The second kappa shape index (κ2) is 8.11. The lowest BCUT2D eigenvalue weighted by Gasteiger charge is -2.09. The highest BCUT2D eigenvalue weighted by molar-refractivity contribution is 6.03. The summed E-state index contributed by atoms with van der Waals surface area (Å²) in [5.41, 5.74) is -0.500. The Balaban J connectivity index is 2.20. The van der Waals surface area contributed by atoms with Crippen molar-refractivity contribution in [3.05, 3.63) is 59.4 Å². The second-order valence-corrected chi connectivity index (χ2v) is 5.05. The van der Waals surface area contributed by atoms with Gasteiger partial charge in [-0.3, -0.25) is 4.79 Å². The first-order chi connectivity index (χ1) is 12.3. The average Bonchev–Trinajstić information content (AvgIpc) is 2.62. The number of nitrogens with one attached hydrogen (secondary N) is 1. The predicted octanol–water partition coefficient (Wildman–Crippen LogP) is 3.49. The number of halogens is 2. The van der Waals surface area contributed by atoms with Crippen LogP contribution in [0.1, 0.15) is 15.9 Å². The van der Waals surface area contributed by atoms with E-state index in [2.05, 4.69) is 5.32 Å². The number of carboxylic acids is 1. The van der Waals surface area contributed by atoms with Gasteiger partial charge in [0.15, 0.2) is 11.5 Å². The second-order valence-electron chi connectivity index (χ2n) is 5.05. The van der Waals surface area contributed by atoms with E-state index in [1.165, 1.54) is 38.5 Å². The van der Waals surface area contributed by atoms with Gasteiger partial charge in [-0.15, -0.1) is 0 Å². The normalized spacial score (nSPS) is 11.0. The van der Waals surface area contributed by atoms with E-state index in [1.807, 2.05) is 0 Å². The highest BCUT2D eigenvalue weighted by atomic mass is 19.1. The third kappa shape index (κ3) is 4.35. The van der Waals surface area contributed by atoms with Crippen molar-refractivity contribution in [3.8, 4) is 11.5 Å². The standard InChI is InChI=1S/C18H15F2NO5/c1-25-15-6-3-10(7-16(15)26-2)14(20)9-17(22)21-11-4-5-13(19)12(8-11)18(23)24/h3-9H,1-2H3,(H,21,22)(H,23,24). The molecule has 6 nitrogen and oxygen atoms in total. The molecule has 26 heavy (non-hydrogen) atoms. The molecule has 0 aliphatic heterocycles. The number of carboxylic acid groups (broad SMARTS) is 1. The number of carbonyl (C=O) groups excluding carboxylic acids is 1. The number of benzene rings is 2. The first-order valence-electron chi connectivity index (χ1n) is 7.29. The summed E-state index contributed by atoms with van der Waals surface area (Å²) < 4.78 is 37.7. The number of hydrogen-bond donors (Lipinski definition) is 2. The Bertz CT molecular complexity index is 880. The summed E-state index contributed by atoms with van der Waals surface area (Å²) >= 11 is 0. The van der Waals surface area contributed by atoms with Gasteiger partial charge in [0, 0.05) is 17.3 Å². The van der Waals surface area contributed by atoms with E-state index in [9.17, 15) is 18.4 Å². The molecule has 2 aromatic rings. The van der Waals surface area contributed by atoms with E-state index < -0.39 is 29.1 Å². The molecule has 0 heterocycles. The van der Waals surface area contributed by atoms with Crippen LogP contribution in [0.2, 0.25) is 0 Å². The van der Waals surface area contributed by atoms with E-state index in [-0.39, 0.29) is 11.3 Å². The molecule has 2 rings (SSSR count). The highest BCUT2D eigenvalue weighted by Crippen LogP contribution is 2.30. The molecule has 0 atom stereocenters. The van der Waals surface area contributed by atoms with Gasteiger partial charge in [-0.2, -0.15) is 0 Å². The van der Waals surface area contributed by atoms with Crippen LogP contribution < -0.4 is 14.8 Å². The molecule has 0 unspecified atom stereocenters. The van der Waals surface area contributed by atoms with Crippen LogP contribution in [0.25, 0.3) is 5.83 Å². The highest BCUT2D eigenvalue weighted by Gasteiger charge is 2.13. The van der Waals surface area contributed by atoms with Gasteiger partial charge in [-0.05, 0) is 36.4 Å². The summed E-state index contributed by atoms with van der Waals surface area (Å²) in [4.78, 5) is 22.8. The van der Waals surface area contributed by atoms with Crippen LogP contribution >= 0.6 is 0 Å². The van der Waals surface area contributed by atoms with E-state index >= 15 is 0 Å². The van der Waals surface area contributed by atoms with Crippen molar-refractivity contribution >= 4 is 23.4 Å². The minimum atomic E-state index is -1.48. The van der Waals surface area contributed by atoms with E-state index in [0.29, 0.717) is 17.6 Å². The van der Waals surface area contributed by atoms with Crippen molar-refractivity contribution in [2.45, 2.75) is 0 Å². The summed E-state index contributed by atoms with van der Waals surface area (Å²) in [6, 6.07) is 7.25. The van der Waals surface area contributed by atoms with Crippen molar-refractivity contribution in [1.29, 1.82) is 0 Å². The van der Waals surface area contributed by atoms with Gasteiger partial charge >= 0.3 is 5.97 Å². The molecular weight excluding hydrogens is 348 g/mol. The zero-order valence-electron chi connectivity index (χ0n) is 13.9. The number of amides is 1. The fraction of sp³-hybridized carbons (Fsp3) is 0.111. The summed E-state index contributed by atoms with van der Waals surface area (Å²) in [5.74, 6) is -3.42. The Morgan fingerprint density at radius 3 is 2.38 bits per heavy atom. The van der Waals surface area contributed by atoms with Crippen LogP contribution in [0.15, 0.2) is 42.5 Å². The lowest BCUT2D eigenvalue weighted by atomic mass is 10.1. The van der Waals surface area contributed by atoms with Crippen molar-refractivity contribution in [1.82, 2.24) is 0 Å². The molecular formula is C18H15F2NO5. The first-order valence-corrected chi connectivity index (χ1v) is 7.29. The monoisotopic (exact) mass is 363 g/mol. The lowest BCUT2D eigenvalue weighted by molar-refractivity contribution is -0.111. The van der Waals surface area contributed by atoms with Crippen molar-refractivity contribution in [2.75, 3.05) is 19.5 Å². The number of anilines is 1. The molecule has 0 spiro atoms. The molecule has 0 radical (unpaired) electrons. The van der Waals surface area contributed by atoms with Gasteiger partial charge in [0.05, 0.1) is 19.8 Å². The molecule has 0 aromatic heterocycles. The summed E-state index contributed by atoms with van der Waals surface area (Å²) in [6.07, 6.45) is 0.686. The molecule has 0 bridgehead atoms. The number of hydrogen-bond acceptors (Lipinski definition) is 4. The molecule has 1 amide bonds. The largest absolute Gasteiger partial charge is 0.493 e. The smallest absolute Gasteiger partial charge is 0.338 e. The van der Waals surface area contributed by atoms with E-state index in [1.54, 1.807) is 0 Å². The number of methoxy groups -OCH3 is 2. The average molecular weight is 363 g/mol. The van der Waals surface area contributed by atoms with Gasteiger partial charge in [-0.25, -0.2) is 13.6 Å². The lowest BCUT2D eigenvalue weighted by Crippen LogP contribution is -2.10. The van der Waals surface area contributed by atoms with Crippen LogP contribution in [0, 0.1) is 5.82 Å². The maximum absolute atomic E-state index is 14.3. The topological polar surface area (TPSA) is 84.9 Å². The molecule has 0 saturated carbocycles. The summed E-state index contributed by atoms with van der Waals surface area (Å²) in [5, 5.41) is 11.1. The third-order valence-corrected chi connectivity index (χ3v) is 3.38. The van der Waals surface area contributed by atoms with Crippen molar-refractivity contribution in [2.24, 2.45) is 0 Å². The Morgan fingerprint density at radius 2 is 1.77 bits per heavy atom. The van der Waals surface area contributed by atoms with E-state index in [4.69, 9.17) is 14.6 Å². The maximum Gasteiger partial charge on any atom is 0.338 e. The minimum absolute atomic E-state index is 0.0187. The number of carbonyl (C=O) groups is 2. The molecule has 0 saturated heterocycles. The van der Waals surface area contributed by atoms with Gasteiger partial charge in [-0.1, -0.05) is 0 Å². The van der Waals surface area contributed by atoms with Crippen molar-refractivity contribution < 1.29 is 33.0 Å². The molecule has 0 aliphatic carbocycles. The Hall–Kier alpha value is -3.42. The quantitative estimate of drug-likeness (QED) is 0.768. The maximum atomic E-state index is 14.3. The zero-order chi connectivity index (χ0) is 19.3. The molecule has 2 aromatic carbocycles. The summed E-state index contributed by atoms with van der Waals surface area (Å²) in [7, 11) is 2.83. The summed E-state index contributed by atoms with van der Waals surface area (Å²) in [6.45, 7) is 0. The van der Waals surface area contributed by atoms with E-state index in [0.717, 1.165) is 12.1 Å². The number of ether oxygens (including phenoxy) is 2. The molecule has 8 heteroatoms.